The van der Waals surface area contributed by atoms with Gasteiger partial charge in [-0.05, 0) is 43.9 Å². The van der Waals surface area contributed by atoms with Gasteiger partial charge in [-0.3, -0.25) is 14.4 Å². The first-order chi connectivity index (χ1) is 16.7. The van der Waals surface area contributed by atoms with Crippen LogP contribution < -0.4 is 16.4 Å². The van der Waals surface area contributed by atoms with Crippen molar-refractivity contribution in [3.05, 3.63) is 48.0 Å². The van der Waals surface area contributed by atoms with Crippen molar-refractivity contribution >= 4 is 23.7 Å². The highest BCUT2D eigenvalue weighted by molar-refractivity contribution is 5.94. The number of likely N-dealkylation sites (tertiary alicyclic amines) is 1. The number of rotatable bonds is 10. The lowest BCUT2D eigenvalue weighted by molar-refractivity contribution is -0.143. The van der Waals surface area contributed by atoms with Crippen LogP contribution in [-0.2, 0) is 32.0 Å². The number of carbonyl (C=O) groups is 4. The second-order valence-corrected chi connectivity index (χ2v) is 8.58. The summed E-state index contributed by atoms with van der Waals surface area (Å²) in [5, 5.41) is 23.8. The predicted octanol–water partition coefficient (Wildman–Crippen LogP) is -0.707. The lowest BCUT2D eigenvalue weighted by Gasteiger charge is -2.28. The van der Waals surface area contributed by atoms with Gasteiger partial charge >= 0.3 is 5.97 Å². The lowest BCUT2D eigenvalue weighted by Crippen LogP contribution is -2.56. The maximum atomic E-state index is 12.9. The Kier molecular flexibility index (Phi) is 8.42. The predicted molar refractivity (Wildman–Crippen MR) is 124 cm³/mol. The highest BCUT2D eigenvalue weighted by atomic mass is 16.4. The molecule has 1 aromatic heterocycles. The molecule has 35 heavy (non-hydrogen) atoms. The zero-order chi connectivity index (χ0) is 25.5. The smallest absolute Gasteiger partial charge is 0.326 e. The van der Waals surface area contributed by atoms with Crippen molar-refractivity contribution in [3.63, 3.8) is 0 Å². The molecule has 2 aromatic rings. The Morgan fingerprint density at radius 1 is 1.20 bits per heavy atom. The molecular formula is C23H30N6O6. The van der Waals surface area contributed by atoms with E-state index in [1.54, 1.807) is 12.1 Å². The van der Waals surface area contributed by atoms with Crippen molar-refractivity contribution in [1.29, 1.82) is 0 Å². The number of phenols is 1. The van der Waals surface area contributed by atoms with Gasteiger partial charge < -0.3 is 36.5 Å². The van der Waals surface area contributed by atoms with E-state index in [0.29, 0.717) is 25.1 Å². The van der Waals surface area contributed by atoms with Crippen LogP contribution in [0.5, 0.6) is 5.75 Å². The molecule has 7 N–H and O–H groups in total. The van der Waals surface area contributed by atoms with Crippen LogP contribution >= 0.6 is 0 Å². The second-order valence-electron chi connectivity index (χ2n) is 8.58. The Bertz CT molecular complexity index is 1040. The summed E-state index contributed by atoms with van der Waals surface area (Å²) in [6, 6.07) is 2.50. The van der Waals surface area contributed by atoms with Crippen LogP contribution in [0.4, 0.5) is 0 Å². The first-order valence-corrected chi connectivity index (χ1v) is 11.3. The van der Waals surface area contributed by atoms with Crippen LogP contribution in [0.2, 0.25) is 0 Å². The number of aromatic nitrogens is 2. The fourth-order valence-corrected chi connectivity index (χ4v) is 3.98. The minimum Gasteiger partial charge on any atom is -0.508 e. The summed E-state index contributed by atoms with van der Waals surface area (Å²) in [5.41, 5.74) is 7.42. The van der Waals surface area contributed by atoms with Crippen LogP contribution in [0, 0.1) is 0 Å². The fraction of sp³-hybridized carbons (Fsp3) is 0.435. The molecule has 12 nitrogen and oxygen atoms in total. The van der Waals surface area contributed by atoms with E-state index < -0.39 is 42.0 Å². The summed E-state index contributed by atoms with van der Waals surface area (Å²) in [7, 11) is 0. The van der Waals surface area contributed by atoms with Gasteiger partial charge in [0.25, 0.3) is 0 Å². The van der Waals surface area contributed by atoms with Gasteiger partial charge in [0, 0.05) is 24.9 Å². The number of nitrogens with zero attached hydrogens (tertiary/aromatic N) is 2. The molecule has 188 valence electrons. The molecule has 12 heteroatoms. The van der Waals surface area contributed by atoms with Crippen LogP contribution in [0.25, 0.3) is 0 Å². The van der Waals surface area contributed by atoms with Gasteiger partial charge in [0.1, 0.15) is 23.9 Å². The average molecular weight is 487 g/mol. The van der Waals surface area contributed by atoms with Crippen molar-refractivity contribution < 1.29 is 29.4 Å². The number of carbonyl (C=O) groups excluding carboxylic acids is 3. The molecule has 0 spiro atoms. The maximum Gasteiger partial charge on any atom is 0.326 e. The van der Waals surface area contributed by atoms with Crippen LogP contribution in [-0.4, -0.2) is 79.5 Å². The normalized spacial score (nSPS) is 17.9. The zero-order valence-electron chi connectivity index (χ0n) is 19.3. The number of aromatic amines is 1. The topological polar surface area (TPSA) is 191 Å². The largest absolute Gasteiger partial charge is 0.508 e. The van der Waals surface area contributed by atoms with Gasteiger partial charge in [-0.25, -0.2) is 9.78 Å². The summed E-state index contributed by atoms with van der Waals surface area (Å²) in [4.78, 5) is 57.9. The average Bonchev–Trinajstić information content (AvgIpc) is 3.51. The van der Waals surface area contributed by atoms with Crippen molar-refractivity contribution in [2.75, 3.05) is 6.54 Å². The Morgan fingerprint density at radius 2 is 1.91 bits per heavy atom. The van der Waals surface area contributed by atoms with E-state index in [9.17, 15) is 29.4 Å². The Hall–Kier alpha value is -3.93. The van der Waals surface area contributed by atoms with Crippen molar-refractivity contribution in [2.45, 2.75) is 56.8 Å². The highest BCUT2D eigenvalue weighted by Gasteiger charge is 2.37. The zero-order valence-corrected chi connectivity index (χ0v) is 19.3. The fourth-order valence-electron chi connectivity index (χ4n) is 3.98. The highest BCUT2D eigenvalue weighted by Crippen LogP contribution is 2.20. The molecule has 1 saturated heterocycles. The molecule has 3 rings (SSSR count). The standard InChI is InChI=1S/C23H30N6O6/c1-13(20(31)28-18(23(34)35)10-15-11-25-12-26-15)27-21(32)19-3-2-8-29(19)22(33)17(24)9-14-4-6-16(30)7-5-14/h4-7,11-13,17-19,30H,2-3,8-10,24H2,1H3,(H,25,26)(H,27,32)(H,28,31)(H,34,35). The van der Waals surface area contributed by atoms with Crippen LogP contribution in [0.1, 0.15) is 31.0 Å². The summed E-state index contributed by atoms with van der Waals surface area (Å²) >= 11 is 0. The minimum atomic E-state index is -1.22. The molecule has 1 aliphatic heterocycles. The molecular weight excluding hydrogens is 456 g/mol. The number of hydrogen-bond donors (Lipinski definition) is 6. The van der Waals surface area contributed by atoms with Crippen molar-refractivity contribution in [3.8, 4) is 5.75 Å². The van der Waals surface area contributed by atoms with E-state index in [2.05, 4.69) is 20.6 Å². The lowest BCUT2D eigenvalue weighted by atomic mass is 10.0. The van der Waals surface area contributed by atoms with E-state index in [4.69, 9.17) is 5.73 Å². The monoisotopic (exact) mass is 486 g/mol. The first kappa shape index (κ1) is 25.7. The third kappa shape index (κ3) is 6.79. The molecule has 0 aliphatic carbocycles. The molecule has 3 amide bonds. The van der Waals surface area contributed by atoms with Crippen LogP contribution in [0.15, 0.2) is 36.8 Å². The summed E-state index contributed by atoms with van der Waals surface area (Å²) in [6.07, 6.45) is 4.16. The number of H-pyrrole nitrogens is 1. The number of phenolic OH excluding ortho intramolecular Hbond substituents is 1. The van der Waals surface area contributed by atoms with Crippen molar-refractivity contribution in [1.82, 2.24) is 25.5 Å². The van der Waals surface area contributed by atoms with Gasteiger partial charge in [-0.15, -0.1) is 0 Å². The molecule has 2 heterocycles. The van der Waals surface area contributed by atoms with E-state index in [-0.39, 0.29) is 24.5 Å². The molecule has 0 saturated carbocycles. The Labute approximate surface area is 201 Å². The number of nitrogens with one attached hydrogen (secondary N) is 3. The van der Waals surface area contributed by atoms with Gasteiger partial charge in [-0.1, -0.05) is 12.1 Å². The molecule has 1 aliphatic rings. The van der Waals surface area contributed by atoms with Gasteiger partial charge in [0.15, 0.2) is 0 Å². The quantitative estimate of drug-likeness (QED) is 0.254. The van der Waals surface area contributed by atoms with Gasteiger partial charge in [-0.2, -0.15) is 0 Å². The number of imidazole rings is 1. The maximum absolute atomic E-state index is 12.9. The number of aliphatic carboxylic acids is 1. The Balaban J connectivity index is 1.56. The number of benzene rings is 1. The molecule has 4 atom stereocenters. The number of amides is 3. The summed E-state index contributed by atoms with van der Waals surface area (Å²) < 4.78 is 0. The summed E-state index contributed by atoms with van der Waals surface area (Å²) in [5.74, 6) is -2.65. The molecule has 0 bridgehead atoms. The Morgan fingerprint density at radius 3 is 2.54 bits per heavy atom. The van der Waals surface area contributed by atoms with E-state index in [1.165, 1.54) is 36.5 Å². The second kappa shape index (κ2) is 11.5. The third-order valence-electron chi connectivity index (χ3n) is 5.89. The third-order valence-corrected chi connectivity index (χ3v) is 5.89. The first-order valence-electron chi connectivity index (χ1n) is 11.3. The summed E-state index contributed by atoms with van der Waals surface area (Å²) in [6.45, 7) is 1.81. The SMILES string of the molecule is CC(NC(=O)C1CCCN1C(=O)C(N)Cc1ccc(O)cc1)C(=O)NC(Cc1cnc[nH]1)C(=O)O. The molecule has 1 fully saturated rings. The number of carboxylic acids is 1. The molecule has 1 aromatic carbocycles. The number of hydrogen-bond acceptors (Lipinski definition) is 7. The van der Waals surface area contributed by atoms with Crippen LogP contribution in [0.3, 0.4) is 0 Å². The van der Waals surface area contributed by atoms with E-state index >= 15 is 0 Å². The van der Waals surface area contributed by atoms with Gasteiger partial charge in [0.05, 0.1) is 12.4 Å². The number of aromatic hydroxyl groups is 1. The van der Waals surface area contributed by atoms with Gasteiger partial charge in [0.2, 0.25) is 17.7 Å². The van der Waals surface area contributed by atoms with E-state index in [1.807, 2.05) is 0 Å². The van der Waals surface area contributed by atoms with E-state index in [0.717, 1.165) is 5.56 Å². The number of nitrogens with two attached hydrogens (primary N) is 1. The number of carboxylic acid groups (broad SMARTS) is 1. The molecule has 4 unspecified atom stereocenters. The molecule has 0 radical (unpaired) electrons. The van der Waals surface area contributed by atoms with Crippen molar-refractivity contribution in [2.24, 2.45) is 5.73 Å². The minimum absolute atomic E-state index is 0.00552.